The maximum absolute atomic E-state index is 5.73. The lowest BCUT2D eigenvalue weighted by Gasteiger charge is -2.25. The molecule has 2 heterocycles. The number of hydrogen-bond donors (Lipinski definition) is 1. The number of benzene rings is 1. The lowest BCUT2D eigenvalue weighted by molar-refractivity contribution is 0.354. The van der Waals surface area contributed by atoms with Gasteiger partial charge in [0.25, 0.3) is 0 Å². The van der Waals surface area contributed by atoms with E-state index in [-0.39, 0.29) is 0 Å². The van der Waals surface area contributed by atoms with E-state index in [1.54, 1.807) is 13.3 Å². The molecule has 0 saturated heterocycles. The Balaban J connectivity index is 1.80. The predicted octanol–water partition coefficient (Wildman–Crippen LogP) is 4.39. The number of furan rings is 1. The fraction of sp³-hybridized carbons (Fsp3) is 0.200. The van der Waals surface area contributed by atoms with Crippen molar-refractivity contribution < 1.29 is 9.15 Å². The van der Waals surface area contributed by atoms with E-state index in [0.29, 0.717) is 18.2 Å². The van der Waals surface area contributed by atoms with Crippen LogP contribution >= 0.6 is 12.2 Å². The molecule has 134 valence electrons. The number of pyridine rings is 1. The minimum Gasteiger partial charge on any atom is -0.495 e. The van der Waals surface area contributed by atoms with Gasteiger partial charge in [-0.15, -0.1) is 0 Å². The first kappa shape index (κ1) is 17.9. The van der Waals surface area contributed by atoms with Crippen LogP contribution in [0.15, 0.2) is 65.3 Å². The van der Waals surface area contributed by atoms with Crippen LogP contribution in [0.2, 0.25) is 0 Å². The number of thiocarbonyl (C=S) groups is 1. The molecule has 0 aliphatic carbocycles. The van der Waals surface area contributed by atoms with Crippen LogP contribution in [0.3, 0.4) is 0 Å². The van der Waals surface area contributed by atoms with Crippen molar-refractivity contribution in [1.29, 1.82) is 0 Å². The smallest absolute Gasteiger partial charge is 0.174 e. The lowest BCUT2D eigenvalue weighted by Crippen LogP contribution is -2.33. The fourth-order valence-corrected chi connectivity index (χ4v) is 2.85. The van der Waals surface area contributed by atoms with Crippen LogP contribution < -0.4 is 10.1 Å². The third-order valence-electron chi connectivity index (χ3n) is 3.87. The summed E-state index contributed by atoms with van der Waals surface area (Å²) >= 11 is 5.67. The number of hydrogen-bond acceptors (Lipinski definition) is 4. The van der Waals surface area contributed by atoms with Crippen molar-refractivity contribution >= 4 is 23.0 Å². The Bertz CT molecular complexity index is 864. The number of ether oxygens (including phenoxy) is 1. The highest BCUT2D eigenvalue weighted by molar-refractivity contribution is 7.80. The average Bonchev–Trinajstić information content (AvgIpc) is 3.07. The molecular formula is C20H21N3O2S. The van der Waals surface area contributed by atoms with Gasteiger partial charge in [0.1, 0.15) is 17.3 Å². The highest BCUT2D eigenvalue weighted by Gasteiger charge is 2.15. The monoisotopic (exact) mass is 367 g/mol. The largest absolute Gasteiger partial charge is 0.495 e. The summed E-state index contributed by atoms with van der Waals surface area (Å²) in [5, 5.41) is 3.87. The summed E-state index contributed by atoms with van der Waals surface area (Å²) < 4.78 is 11.1. The molecule has 0 saturated carbocycles. The van der Waals surface area contributed by atoms with Crippen molar-refractivity contribution in [2.45, 2.75) is 20.0 Å². The molecular weight excluding hydrogens is 346 g/mol. The summed E-state index contributed by atoms with van der Waals surface area (Å²) in [5.41, 5.74) is 1.90. The maximum atomic E-state index is 5.73. The van der Waals surface area contributed by atoms with E-state index in [1.165, 1.54) is 0 Å². The summed E-state index contributed by atoms with van der Waals surface area (Å²) in [6, 6.07) is 15.6. The zero-order valence-corrected chi connectivity index (χ0v) is 15.6. The third-order valence-corrected chi connectivity index (χ3v) is 4.23. The van der Waals surface area contributed by atoms with Gasteiger partial charge in [0.15, 0.2) is 5.11 Å². The number of aromatic nitrogens is 1. The van der Waals surface area contributed by atoms with Gasteiger partial charge < -0.3 is 19.4 Å². The third kappa shape index (κ3) is 4.61. The molecule has 0 fully saturated rings. The maximum Gasteiger partial charge on any atom is 0.174 e. The number of nitrogens with zero attached hydrogens (tertiary/aromatic N) is 2. The fourth-order valence-electron chi connectivity index (χ4n) is 2.61. The molecule has 0 radical (unpaired) electrons. The SMILES string of the molecule is COc1ccccc1NC(=S)N(Cc1cccnc1)Cc1ccc(C)o1. The molecule has 26 heavy (non-hydrogen) atoms. The van der Waals surface area contributed by atoms with Crippen molar-refractivity contribution in [1.82, 2.24) is 9.88 Å². The molecule has 2 aromatic heterocycles. The molecule has 1 aromatic carbocycles. The van der Waals surface area contributed by atoms with Crippen LogP contribution in [0.5, 0.6) is 5.75 Å². The van der Waals surface area contributed by atoms with E-state index in [4.69, 9.17) is 21.4 Å². The topological polar surface area (TPSA) is 50.5 Å². The average molecular weight is 367 g/mol. The first-order valence-corrected chi connectivity index (χ1v) is 8.69. The number of aryl methyl sites for hydroxylation is 1. The Morgan fingerprint density at radius 2 is 2.00 bits per heavy atom. The van der Waals surface area contributed by atoms with Gasteiger partial charge in [-0.1, -0.05) is 18.2 Å². The van der Waals surface area contributed by atoms with E-state index in [1.807, 2.05) is 66.6 Å². The second-order valence-corrected chi connectivity index (χ2v) is 6.25. The van der Waals surface area contributed by atoms with E-state index < -0.39 is 0 Å². The zero-order chi connectivity index (χ0) is 18.4. The van der Waals surface area contributed by atoms with E-state index in [0.717, 1.165) is 28.5 Å². The second-order valence-electron chi connectivity index (χ2n) is 5.86. The second kappa shape index (κ2) is 8.49. The predicted molar refractivity (Wildman–Crippen MR) is 106 cm³/mol. The van der Waals surface area contributed by atoms with Crippen LogP contribution in [-0.2, 0) is 13.1 Å². The first-order chi connectivity index (χ1) is 12.7. The number of rotatable bonds is 6. The molecule has 0 spiro atoms. The molecule has 1 N–H and O–H groups in total. The van der Waals surface area contributed by atoms with Crippen LogP contribution in [-0.4, -0.2) is 22.1 Å². The quantitative estimate of drug-likeness (QED) is 0.652. The normalized spacial score (nSPS) is 10.4. The number of para-hydroxylation sites is 2. The standard InChI is InChI=1S/C20H21N3O2S/c1-15-9-10-17(25-15)14-23(13-16-6-5-11-21-12-16)20(26)22-18-7-3-4-8-19(18)24-2/h3-12H,13-14H2,1-2H3,(H,22,26). The Morgan fingerprint density at radius 3 is 2.69 bits per heavy atom. The highest BCUT2D eigenvalue weighted by atomic mass is 32.1. The van der Waals surface area contributed by atoms with Gasteiger partial charge in [0.2, 0.25) is 0 Å². The molecule has 3 rings (SSSR count). The van der Waals surface area contributed by atoms with Gasteiger partial charge in [-0.2, -0.15) is 0 Å². The molecule has 0 amide bonds. The zero-order valence-electron chi connectivity index (χ0n) is 14.8. The van der Waals surface area contributed by atoms with Gasteiger partial charge in [-0.05, 0) is 55.0 Å². The molecule has 3 aromatic rings. The Labute approximate surface area is 158 Å². The molecule has 0 aliphatic rings. The van der Waals surface area contributed by atoms with Gasteiger partial charge in [-0.25, -0.2) is 0 Å². The Hall–Kier alpha value is -2.86. The Morgan fingerprint density at radius 1 is 1.15 bits per heavy atom. The molecule has 0 bridgehead atoms. The van der Waals surface area contributed by atoms with Gasteiger partial charge in [0, 0.05) is 18.9 Å². The molecule has 0 unspecified atom stereocenters. The summed E-state index contributed by atoms with van der Waals surface area (Å²) in [6.07, 6.45) is 3.60. The summed E-state index contributed by atoms with van der Waals surface area (Å²) in [7, 11) is 1.64. The van der Waals surface area contributed by atoms with E-state index in [2.05, 4.69) is 10.3 Å². The van der Waals surface area contributed by atoms with Crippen molar-refractivity contribution in [3.8, 4) is 5.75 Å². The van der Waals surface area contributed by atoms with Crippen LogP contribution in [0.1, 0.15) is 17.1 Å². The molecule has 5 nitrogen and oxygen atoms in total. The van der Waals surface area contributed by atoms with Crippen LogP contribution in [0, 0.1) is 6.92 Å². The molecule has 0 atom stereocenters. The first-order valence-electron chi connectivity index (χ1n) is 8.29. The van der Waals surface area contributed by atoms with Gasteiger partial charge in [0.05, 0.1) is 19.3 Å². The summed E-state index contributed by atoms with van der Waals surface area (Å²) in [5.74, 6) is 2.48. The van der Waals surface area contributed by atoms with Crippen molar-refractivity contribution in [2.75, 3.05) is 12.4 Å². The number of anilines is 1. The summed E-state index contributed by atoms with van der Waals surface area (Å²) in [6.45, 7) is 3.11. The Kier molecular flexibility index (Phi) is 5.86. The van der Waals surface area contributed by atoms with Crippen LogP contribution in [0.4, 0.5) is 5.69 Å². The number of methoxy groups -OCH3 is 1. The lowest BCUT2D eigenvalue weighted by atomic mass is 10.2. The minimum atomic E-state index is 0.559. The van der Waals surface area contributed by atoms with Crippen molar-refractivity contribution in [3.63, 3.8) is 0 Å². The summed E-state index contributed by atoms with van der Waals surface area (Å²) in [4.78, 5) is 6.22. The van der Waals surface area contributed by atoms with Crippen LogP contribution in [0.25, 0.3) is 0 Å². The number of nitrogens with one attached hydrogen (secondary N) is 1. The minimum absolute atomic E-state index is 0.559. The molecule has 6 heteroatoms. The van der Waals surface area contributed by atoms with Crippen molar-refractivity contribution in [3.05, 3.63) is 78.0 Å². The van der Waals surface area contributed by atoms with Gasteiger partial charge in [-0.3, -0.25) is 4.98 Å². The highest BCUT2D eigenvalue weighted by Crippen LogP contribution is 2.24. The van der Waals surface area contributed by atoms with Crippen molar-refractivity contribution in [2.24, 2.45) is 0 Å². The van der Waals surface area contributed by atoms with Gasteiger partial charge >= 0.3 is 0 Å². The molecule has 0 aliphatic heterocycles. The van der Waals surface area contributed by atoms with E-state index >= 15 is 0 Å². The van der Waals surface area contributed by atoms with E-state index in [9.17, 15) is 0 Å².